The van der Waals surface area contributed by atoms with Gasteiger partial charge in [-0.1, -0.05) is 0 Å². The zero-order chi connectivity index (χ0) is 23.1. The van der Waals surface area contributed by atoms with E-state index in [0.717, 1.165) is 12.8 Å². The van der Waals surface area contributed by atoms with Crippen LogP contribution < -0.4 is 28.1 Å². The normalized spacial score (nSPS) is 12.4. The molecular formula is C33H28Cl2Zr. The number of allylic oxidation sites excluding steroid dienone is 4. The third kappa shape index (κ3) is 4.70. The molecule has 0 fully saturated rings. The molecule has 0 N–H and O–H groups in total. The molecule has 2 aliphatic carbocycles. The predicted octanol–water partition coefficient (Wildman–Crippen LogP) is 1.90. The van der Waals surface area contributed by atoms with Gasteiger partial charge < -0.3 is 24.8 Å². The van der Waals surface area contributed by atoms with Crippen LogP contribution in [-0.2, 0) is 27.7 Å². The van der Waals surface area contributed by atoms with Crippen molar-refractivity contribution in [1.29, 1.82) is 0 Å². The Bertz CT molecular complexity index is 1490. The van der Waals surface area contributed by atoms with E-state index >= 15 is 0 Å². The van der Waals surface area contributed by atoms with Gasteiger partial charge in [-0.2, -0.15) is 0 Å². The molecule has 0 bridgehead atoms. The van der Waals surface area contributed by atoms with Crippen molar-refractivity contribution in [1.82, 2.24) is 0 Å². The fraction of sp³-hybridized carbons (Fsp3) is 0.121. The van der Waals surface area contributed by atoms with Gasteiger partial charge in [0.05, 0.1) is 0 Å². The molecule has 0 aromatic heterocycles. The first kappa shape index (κ1) is 26.7. The molecule has 178 valence electrons. The van der Waals surface area contributed by atoms with E-state index < -0.39 is 21.3 Å². The van der Waals surface area contributed by atoms with Crippen LogP contribution in [0.25, 0.3) is 33.4 Å². The second kappa shape index (κ2) is 11.4. The molecule has 0 heterocycles. The van der Waals surface area contributed by atoms with Crippen molar-refractivity contribution in [2.45, 2.75) is 26.7 Å². The minimum absolute atomic E-state index is 0. The smallest absolute Gasteiger partial charge is 1.00 e. The van der Waals surface area contributed by atoms with E-state index in [0.29, 0.717) is 0 Å². The summed E-state index contributed by atoms with van der Waals surface area (Å²) >= 11 is -2.32. The first-order valence-corrected chi connectivity index (χ1v) is 15.8. The quantitative estimate of drug-likeness (QED) is 0.302. The van der Waals surface area contributed by atoms with Crippen LogP contribution in [0, 0.1) is 0 Å². The van der Waals surface area contributed by atoms with Crippen molar-refractivity contribution in [2.75, 3.05) is 0 Å². The number of hydrogen-bond acceptors (Lipinski definition) is 0. The number of benzene rings is 4. The number of halogens is 2. The van der Waals surface area contributed by atoms with E-state index in [4.69, 9.17) is 0 Å². The molecule has 6 rings (SSSR count). The summed E-state index contributed by atoms with van der Waals surface area (Å²) in [5, 5.41) is 0. The Morgan fingerprint density at radius 1 is 0.694 bits per heavy atom. The van der Waals surface area contributed by atoms with Gasteiger partial charge in [0.1, 0.15) is 0 Å². The van der Waals surface area contributed by atoms with Crippen LogP contribution in [0.2, 0.25) is 0 Å². The van der Waals surface area contributed by atoms with Crippen LogP contribution in [0.15, 0.2) is 113 Å². The average Bonchev–Trinajstić information content (AvgIpc) is 3.53. The Kier molecular flexibility index (Phi) is 8.46. The second-order valence-electron chi connectivity index (χ2n) is 9.47. The minimum Gasteiger partial charge on any atom is -1.00 e. The zero-order valence-electron chi connectivity index (χ0n) is 20.6. The molecule has 0 unspecified atom stereocenters. The van der Waals surface area contributed by atoms with Crippen LogP contribution >= 0.6 is 0 Å². The summed E-state index contributed by atoms with van der Waals surface area (Å²) in [6.45, 7) is 4.78. The fourth-order valence-electron chi connectivity index (χ4n) is 5.67. The van der Waals surface area contributed by atoms with Gasteiger partial charge in [0.2, 0.25) is 0 Å². The molecule has 3 heteroatoms. The molecule has 0 radical (unpaired) electrons. The summed E-state index contributed by atoms with van der Waals surface area (Å²) < 4.78 is 4.98. The van der Waals surface area contributed by atoms with E-state index in [2.05, 4.69) is 123 Å². The largest absolute Gasteiger partial charge is 1.00 e. The van der Waals surface area contributed by atoms with Gasteiger partial charge in [0.15, 0.2) is 0 Å². The molecule has 0 amide bonds. The van der Waals surface area contributed by atoms with Crippen molar-refractivity contribution < 1.29 is 46.1 Å². The zero-order valence-corrected chi connectivity index (χ0v) is 24.5. The maximum Gasteiger partial charge on any atom is -1.00 e. The Morgan fingerprint density at radius 2 is 1.33 bits per heavy atom. The first-order valence-electron chi connectivity index (χ1n) is 12.2. The summed E-state index contributed by atoms with van der Waals surface area (Å²) in [6.07, 6.45) is 9.17. The van der Waals surface area contributed by atoms with Crippen LogP contribution in [0.4, 0.5) is 0 Å². The molecule has 0 aliphatic heterocycles. The molecular weight excluding hydrogens is 558 g/mol. The summed E-state index contributed by atoms with van der Waals surface area (Å²) in [5.41, 5.74) is 11.5. The molecule has 0 atom stereocenters. The summed E-state index contributed by atoms with van der Waals surface area (Å²) in [7, 11) is 0. The number of rotatable bonds is 4. The third-order valence-electron chi connectivity index (χ3n) is 7.10. The van der Waals surface area contributed by atoms with Crippen molar-refractivity contribution in [2.24, 2.45) is 0 Å². The Morgan fingerprint density at radius 3 is 1.97 bits per heavy atom. The van der Waals surface area contributed by atoms with Crippen molar-refractivity contribution in [3.8, 4) is 33.4 Å². The van der Waals surface area contributed by atoms with Gasteiger partial charge in [-0.3, -0.25) is 0 Å². The van der Waals surface area contributed by atoms with E-state index in [1.165, 1.54) is 44.5 Å². The minimum atomic E-state index is -2.32. The molecule has 0 nitrogen and oxygen atoms in total. The Balaban J connectivity index is 0.00000152. The van der Waals surface area contributed by atoms with Crippen LogP contribution in [0.5, 0.6) is 0 Å². The summed E-state index contributed by atoms with van der Waals surface area (Å²) in [4.78, 5) is 0. The number of fused-ring (bicyclic) bond motifs is 3. The fourth-order valence-corrected chi connectivity index (χ4v) is 13.2. The standard InChI is InChI=1S/C25H17.C5H5.C3H6.2ClH.Zr/c1-3-9-18(10-4-1)21-16-23(19-11-5-2-6-12-19)25-15-20-13-7-8-14-22(20)24(25)17-21;1-2-4-5-3-1;1-3-2;;;/h1-14,17H,15H2;1-3H,4H2;1-2H3;2*1H;/q;;;;;+2/p-2. The van der Waals surface area contributed by atoms with E-state index in [1.807, 2.05) is 0 Å². The predicted molar refractivity (Wildman–Crippen MR) is 143 cm³/mol. The molecule has 36 heavy (non-hydrogen) atoms. The van der Waals surface area contributed by atoms with Crippen molar-refractivity contribution >= 4 is 6.48 Å². The molecule has 4 aromatic carbocycles. The Hall–Kier alpha value is -2.31. The molecule has 2 aliphatic rings. The molecule has 0 saturated heterocycles. The Labute approximate surface area is 234 Å². The van der Waals surface area contributed by atoms with Gasteiger partial charge >= 0.3 is 211 Å². The van der Waals surface area contributed by atoms with Gasteiger partial charge in [-0.15, -0.1) is 0 Å². The number of hydrogen-bond donors (Lipinski definition) is 0. The third-order valence-corrected chi connectivity index (χ3v) is 14.6. The second-order valence-corrected chi connectivity index (χ2v) is 16.6. The SMILES string of the molecule is C[C](C)=[Zr+2]([C]1=CC=CC1)[c]1c(-c2ccccc2)cc2c(c1-c1ccccc1)Cc1ccccc1-2.[Cl-].[Cl-]. The van der Waals surface area contributed by atoms with Crippen molar-refractivity contribution in [3.63, 3.8) is 0 Å². The van der Waals surface area contributed by atoms with Gasteiger partial charge in [-0.25, -0.2) is 0 Å². The van der Waals surface area contributed by atoms with Gasteiger partial charge in [0.25, 0.3) is 0 Å². The molecule has 4 aromatic rings. The monoisotopic (exact) mass is 584 g/mol. The average molecular weight is 587 g/mol. The van der Waals surface area contributed by atoms with E-state index in [9.17, 15) is 0 Å². The summed E-state index contributed by atoms with van der Waals surface area (Å²) in [5.74, 6) is 0. The van der Waals surface area contributed by atoms with Crippen molar-refractivity contribution in [3.05, 3.63) is 124 Å². The topological polar surface area (TPSA) is 0 Å². The van der Waals surface area contributed by atoms with Crippen LogP contribution in [0.3, 0.4) is 0 Å². The maximum absolute atomic E-state index is 2.53. The van der Waals surface area contributed by atoms with E-state index in [-0.39, 0.29) is 24.8 Å². The van der Waals surface area contributed by atoms with E-state index in [1.54, 1.807) is 9.76 Å². The van der Waals surface area contributed by atoms with Gasteiger partial charge in [0, 0.05) is 0 Å². The molecule has 0 saturated carbocycles. The maximum atomic E-state index is 2.53. The van der Waals surface area contributed by atoms with Gasteiger partial charge in [-0.05, 0) is 0 Å². The van der Waals surface area contributed by atoms with Crippen LogP contribution in [0.1, 0.15) is 31.4 Å². The molecule has 0 spiro atoms. The first-order chi connectivity index (χ1) is 16.7. The summed E-state index contributed by atoms with van der Waals surface area (Å²) in [6, 6.07) is 33.8. The van der Waals surface area contributed by atoms with Crippen LogP contribution in [-0.4, -0.2) is 3.21 Å².